The molecule has 0 unspecified atom stereocenters. The molecule has 0 saturated heterocycles. The second-order valence-electron chi connectivity index (χ2n) is 6.25. The molecule has 3 heteroatoms. The van der Waals surface area contributed by atoms with Gasteiger partial charge in [-0.1, -0.05) is 50.6 Å². The first-order valence-electron chi connectivity index (χ1n) is 8.31. The van der Waals surface area contributed by atoms with Gasteiger partial charge in [0.25, 0.3) is 0 Å². The second-order valence-corrected chi connectivity index (χ2v) is 6.61. The molecule has 1 aliphatic carbocycles. The molecule has 1 aromatic heterocycles. The van der Waals surface area contributed by atoms with E-state index in [1.807, 2.05) is 12.1 Å². The van der Waals surface area contributed by atoms with Crippen LogP contribution in [0.4, 0.5) is 0 Å². The van der Waals surface area contributed by atoms with Crippen molar-refractivity contribution in [1.82, 2.24) is 4.98 Å². The zero-order valence-electron chi connectivity index (χ0n) is 12.9. The van der Waals surface area contributed by atoms with E-state index in [1.54, 1.807) is 0 Å². The maximum absolute atomic E-state index is 8.90. The van der Waals surface area contributed by atoms with E-state index >= 15 is 0 Å². The molecule has 1 heterocycles. The standard InChI is InChI=1S/C18H25ClN2/c1-2-3-4-5-6-14-7-9-15(10-8-14)17-12-11-16(13-20)18(19)21-17/h11-12,14-15H,2-10H2,1H3. The summed E-state index contributed by atoms with van der Waals surface area (Å²) in [6, 6.07) is 5.86. The Morgan fingerprint density at radius 2 is 1.95 bits per heavy atom. The van der Waals surface area contributed by atoms with Gasteiger partial charge in [-0.3, -0.25) is 0 Å². The molecule has 0 N–H and O–H groups in total. The highest BCUT2D eigenvalue weighted by molar-refractivity contribution is 6.30. The van der Waals surface area contributed by atoms with Gasteiger partial charge < -0.3 is 0 Å². The van der Waals surface area contributed by atoms with Gasteiger partial charge >= 0.3 is 0 Å². The van der Waals surface area contributed by atoms with Crippen LogP contribution >= 0.6 is 11.6 Å². The molecule has 1 fully saturated rings. The zero-order chi connectivity index (χ0) is 15.1. The average Bonchev–Trinajstić information content (AvgIpc) is 2.52. The third-order valence-electron chi connectivity index (χ3n) is 4.72. The van der Waals surface area contributed by atoms with Gasteiger partial charge in [0.2, 0.25) is 0 Å². The van der Waals surface area contributed by atoms with Crippen LogP contribution in [0.15, 0.2) is 12.1 Å². The summed E-state index contributed by atoms with van der Waals surface area (Å²) in [7, 11) is 0. The minimum atomic E-state index is 0.358. The predicted octanol–water partition coefficient (Wildman–Crippen LogP) is 5.85. The number of unbranched alkanes of at least 4 members (excludes halogenated alkanes) is 3. The molecule has 2 rings (SSSR count). The quantitative estimate of drug-likeness (QED) is 0.488. The first-order chi connectivity index (χ1) is 10.2. The lowest BCUT2D eigenvalue weighted by Gasteiger charge is -2.28. The Morgan fingerprint density at radius 1 is 1.19 bits per heavy atom. The molecule has 0 aliphatic heterocycles. The minimum Gasteiger partial charge on any atom is -0.239 e. The van der Waals surface area contributed by atoms with Crippen LogP contribution in [-0.2, 0) is 0 Å². The van der Waals surface area contributed by atoms with Crippen LogP contribution in [0.2, 0.25) is 5.15 Å². The summed E-state index contributed by atoms with van der Waals surface area (Å²) < 4.78 is 0. The molecular formula is C18H25ClN2. The Bertz CT molecular complexity index is 484. The SMILES string of the molecule is CCCCCCC1CCC(c2ccc(C#N)c(Cl)n2)CC1. The number of rotatable bonds is 6. The van der Waals surface area contributed by atoms with Crippen molar-refractivity contribution in [3.63, 3.8) is 0 Å². The molecule has 0 atom stereocenters. The van der Waals surface area contributed by atoms with Crippen molar-refractivity contribution in [2.75, 3.05) is 0 Å². The Kier molecular flexibility index (Phi) is 6.51. The predicted molar refractivity (Wildman–Crippen MR) is 87.4 cm³/mol. The van der Waals surface area contributed by atoms with Crippen LogP contribution in [0, 0.1) is 17.2 Å². The number of nitriles is 1. The van der Waals surface area contributed by atoms with E-state index in [9.17, 15) is 0 Å². The molecule has 0 amide bonds. The van der Waals surface area contributed by atoms with Gasteiger partial charge in [-0.25, -0.2) is 4.98 Å². The highest BCUT2D eigenvalue weighted by Gasteiger charge is 2.23. The molecule has 0 radical (unpaired) electrons. The summed E-state index contributed by atoms with van der Waals surface area (Å²) in [5.74, 6) is 1.44. The van der Waals surface area contributed by atoms with E-state index in [4.69, 9.17) is 16.9 Å². The van der Waals surface area contributed by atoms with Gasteiger partial charge in [-0.2, -0.15) is 5.26 Å². The lowest BCUT2D eigenvalue weighted by atomic mass is 9.78. The molecule has 0 bridgehead atoms. The van der Waals surface area contributed by atoms with Gasteiger partial charge in [0.15, 0.2) is 0 Å². The van der Waals surface area contributed by atoms with Crippen molar-refractivity contribution in [3.05, 3.63) is 28.5 Å². The van der Waals surface area contributed by atoms with Gasteiger partial charge in [-0.15, -0.1) is 0 Å². The first kappa shape index (κ1) is 16.3. The van der Waals surface area contributed by atoms with E-state index in [0.717, 1.165) is 11.6 Å². The molecule has 21 heavy (non-hydrogen) atoms. The van der Waals surface area contributed by atoms with Crippen molar-refractivity contribution in [2.45, 2.75) is 70.6 Å². The lowest BCUT2D eigenvalue weighted by molar-refractivity contribution is 0.299. The highest BCUT2D eigenvalue weighted by Crippen LogP contribution is 2.37. The van der Waals surface area contributed by atoms with E-state index < -0.39 is 0 Å². The maximum atomic E-state index is 8.90. The summed E-state index contributed by atoms with van der Waals surface area (Å²) in [6.07, 6.45) is 11.9. The Labute approximate surface area is 133 Å². The first-order valence-corrected chi connectivity index (χ1v) is 8.69. The van der Waals surface area contributed by atoms with Crippen LogP contribution in [0.5, 0.6) is 0 Å². The fraction of sp³-hybridized carbons (Fsp3) is 0.667. The number of hydrogen-bond donors (Lipinski definition) is 0. The number of nitrogens with zero attached hydrogens (tertiary/aromatic N) is 2. The summed E-state index contributed by atoms with van der Waals surface area (Å²) in [6.45, 7) is 2.26. The summed E-state index contributed by atoms with van der Waals surface area (Å²) >= 11 is 6.04. The van der Waals surface area contributed by atoms with E-state index in [-0.39, 0.29) is 0 Å². The van der Waals surface area contributed by atoms with Gasteiger partial charge in [0.1, 0.15) is 11.2 Å². The van der Waals surface area contributed by atoms with Crippen molar-refractivity contribution >= 4 is 11.6 Å². The summed E-state index contributed by atoms with van der Waals surface area (Å²) in [4.78, 5) is 4.42. The van der Waals surface area contributed by atoms with Gasteiger partial charge in [-0.05, 0) is 43.7 Å². The lowest BCUT2D eigenvalue weighted by Crippen LogP contribution is -2.14. The van der Waals surface area contributed by atoms with Crippen LogP contribution in [-0.4, -0.2) is 4.98 Å². The zero-order valence-corrected chi connectivity index (χ0v) is 13.7. The van der Waals surface area contributed by atoms with Crippen LogP contribution < -0.4 is 0 Å². The Balaban J connectivity index is 1.81. The van der Waals surface area contributed by atoms with Gasteiger partial charge in [0.05, 0.1) is 5.56 Å². The Hall–Kier alpha value is -1.07. The Morgan fingerprint density at radius 3 is 2.57 bits per heavy atom. The number of hydrogen-bond acceptors (Lipinski definition) is 2. The molecular weight excluding hydrogens is 280 g/mol. The number of pyridine rings is 1. The fourth-order valence-corrected chi connectivity index (χ4v) is 3.57. The normalized spacial score (nSPS) is 22.0. The maximum Gasteiger partial charge on any atom is 0.147 e. The van der Waals surface area contributed by atoms with Gasteiger partial charge in [0, 0.05) is 11.6 Å². The summed E-state index contributed by atoms with van der Waals surface area (Å²) in [5.41, 5.74) is 1.55. The third kappa shape index (κ3) is 4.71. The monoisotopic (exact) mass is 304 g/mol. The third-order valence-corrected chi connectivity index (χ3v) is 5.01. The molecule has 114 valence electrons. The fourth-order valence-electron chi connectivity index (χ4n) is 3.37. The van der Waals surface area contributed by atoms with Crippen molar-refractivity contribution in [1.29, 1.82) is 5.26 Å². The highest BCUT2D eigenvalue weighted by atomic mass is 35.5. The largest absolute Gasteiger partial charge is 0.239 e. The van der Waals surface area contributed by atoms with Crippen molar-refractivity contribution < 1.29 is 0 Å². The summed E-state index contributed by atoms with van der Waals surface area (Å²) in [5, 5.41) is 9.26. The smallest absolute Gasteiger partial charge is 0.147 e. The van der Waals surface area contributed by atoms with Crippen LogP contribution in [0.3, 0.4) is 0 Å². The van der Waals surface area contributed by atoms with E-state index in [0.29, 0.717) is 16.6 Å². The molecule has 1 aliphatic rings. The van der Waals surface area contributed by atoms with Crippen LogP contribution in [0.25, 0.3) is 0 Å². The average molecular weight is 305 g/mol. The van der Waals surface area contributed by atoms with Crippen LogP contribution in [0.1, 0.15) is 81.9 Å². The minimum absolute atomic E-state index is 0.358. The number of halogens is 1. The van der Waals surface area contributed by atoms with Crippen molar-refractivity contribution in [2.24, 2.45) is 5.92 Å². The van der Waals surface area contributed by atoms with E-state index in [2.05, 4.69) is 18.0 Å². The second kappa shape index (κ2) is 8.39. The molecule has 1 aromatic rings. The number of aromatic nitrogens is 1. The molecule has 0 spiro atoms. The molecule has 1 saturated carbocycles. The molecule has 2 nitrogen and oxygen atoms in total. The van der Waals surface area contributed by atoms with Crippen molar-refractivity contribution in [3.8, 4) is 6.07 Å². The topological polar surface area (TPSA) is 36.7 Å². The van der Waals surface area contributed by atoms with E-state index in [1.165, 1.54) is 57.8 Å². The molecule has 0 aromatic carbocycles.